The van der Waals surface area contributed by atoms with Gasteiger partial charge >= 0.3 is 5.97 Å². The van der Waals surface area contributed by atoms with Crippen molar-refractivity contribution in [2.45, 2.75) is 12.5 Å². The van der Waals surface area contributed by atoms with Crippen molar-refractivity contribution >= 4 is 40.9 Å². The van der Waals surface area contributed by atoms with Gasteiger partial charge in [-0.05, 0) is 53.1 Å². The van der Waals surface area contributed by atoms with E-state index in [4.69, 9.17) is 35.8 Å². The molecule has 1 heterocycles. The van der Waals surface area contributed by atoms with Gasteiger partial charge in [-0.25, -0.2) is 4.84 Å². The van der Waals surface area contributed by atoms with E-state index in [0.717, 1.165) is 16.7 Å². The summed E-state index contributed by atoms with van der Waals surface area (Å²) in [5.74, 6) is 0.0459. The highest BCUT2D eigenvalue weighted by atomic mass is 35.5. The molecular formula is C23H24ClN3O7S. The number of nitrogens with zero attached hydrogens (tertiary/aromatic N) is 1. The summed E-state index contributed by atoms with van der Waals surface area (Å²) in [5.41, 5.74) is 3.29. The number of carbonyl (C=O) groups excluding carboxylic acids is 1. The highest BCUT2D eigenvalue weighted by Crippen LogP contribution is 2.44. The fourth-order valence-corrected chi connectivity index (χ4v) is 4.31. The lowest BCUT2D eigenvalue weighted by Crippen LogP contribution is -2.37. The lowest BCUT2D eigenvalue weighted by molar-refractivity contribution is -0.139. The zero-order chi connectivity index (χ0) is 25.5. The standard InChI is InChI=1S/C23H24ClN3O7S/c1-31-17-6-5-12(7-15(17)25-23(30)16(26-24)10-20(28)29)14-11-35-27-21(14)13-8-18(32-2)22(34-4)19(9-13)33-3/h5-9,11,16,26H,10H2,1-4H3,(H,25,30)(H,28,29)/t16-/m0/s1. The molecule has 3 aromatic rings. The zero-order valence-corrected chi connectivity index (χ0v) is 21.0. The van der Waals surface area contributed by atoms with Crippen LogP contribution in [0.4, 0.5) is 5.69 Å². The molecule has 3 rings (SSSR count). The number of ether oxygens (including phenoxy) is 4. The minimum atomic E-state index is -1.17. The van der Waals surface area contributed by atoms with E-state index in [1.165, 1.54) is 40.0 Å². The van der Waals surface area contributed by atoms with Crippen LogP contribution in [0.2, 0.25) is 0 Å². The van der Waals surface area contributed by atoms with E-state index >= 15 is 0 Å². The first-order chi connectivity index (χ1) is 16.9. The van der Waals surface area contributed by atoms with Crippen molar-refractivity contribution in [2.24, 2.45) is 0 Å². The van der Waals surface area contributed by atoms with Crippen molar-refractivity contribution in [2.75, 3.05) is 33.8 Å². The first kappa shape index (κ1) is 26.1. The fraction of sp³-hybridized carbons (Fsp3) is 0.261. The van der Waals surface area contributed by atoms with E-state index in [0.29, 0.717) is 34.4 Å². The van der Waals surface area contributed by atoms with E-state index in [1.807, 2.05) is 11.4 Å². The van der Waals surface area contributed by atoms with E-state index in [9.17, 15) is 9.59 Å². The summed E-state index contributed by atoms with van der Waals surface area (Å²) in [6, 6.07) is 7.70. The number of halogens is 1. The van der Waals surface area contributed by atoms with Gasteiger partial charge in [-0.2, -0.15) is 4.37 Å². The van der Waals surface area contributed by atoms with E-state index < -0.39 is 24.3 Å². The highest BCUT2D eigenvalue weighted by molar-refractivity contribution is 7.04. The third-order valence-electron chi connectivity index (χ3n) is 5.10. The number of hydrogen-bond acceptors (Lipinski definition) is 9. The topological polar surface area (TPSA) is 128 Å². The summed E-state index contributed by atoms with van der Waals surface area (Å²) in [6.45, 7) is 0. The van der Waals surface area contributed by atoms with Gasteiger partial charge in [-0.15, -0.1) is 0 Å². The summed E-state index contributed by atoms with van der Waals surface area (Å²) >= 11 is 6.84. The van der Waals surface area contributed by atoms with Gasteiger partial charge in [0.25, 0.3) is 0 Å². The third-order valence-corrected chi connectivity index (χ3v) is 6.00. The number of methoxy groups -OCH3 is 4. The smallest absolute Gasteiger partial charge is 0.305 e. The summed E-state index contributed by atoms with van der Waals surface area (Å²) in [6.07, 6.45) is -0.489. The molecule has 1 amide bonds. The highest BCUT2D eigenvalue weighted by Gasteiger charge is 2.23. The molecule has 0 radical (unpaired) electrons. The Labute approximate surface area is 211 Å². The second kappa shape index (κ2) is 11.7. The maximum atomic E-state index is 12.6. The molecule has 0 bridgehead atoms. The SMILES string of the molecule is COc1ccc(-c2csnc2-c2cc(OC)c(OC)c(OC)c2)cc1NC(=O)[C@H](CC(=O)O)NCl. The van der Waals surface area contributed by atoms with Gasteiger partial charge in [0.1, 0.15) is 11.8 Å². The monoisotopic (exact) mass is 521 g/mol. The van der Waals surface area contributed by atoms with Gasteiger partial charge in [0.05, 0.1) is 46.2 Å². The number of hydrogen-bond donors (Lipinski definition) is 3. The van der Waals surface area contributed by atoms with Crippen molar-refractivity contribution in [3.8, 4) is 45.4 Å². The molecule has 0 aliphatic carbocycles. The Bertz CT molecular complexity index is 1190. The average Bonchev–Trinajstić information content (AvgIpc) is 3.36. The second-order valence-corrected chi connectivity index (χ2v) is 8.00. The number of carboxylic acid groups (broad SMARTS) is 1. The van der Waals surface area contributed by atoms with Crippen LogP contribution in [0.1, 0.15) is 6.42 Å². The van der Waals surface area contributed by atoms with Crippen LogP contribution in [0, 0.1) is 0 Å². The van der Waals surface area contributed by atoms with E-state index in [1.54, 1.807) is 24.3 Å². The summed E-state index contributed by atoms with van der Waals surface area (Å²) in [5, 5.41) is 13.6. The Morgan fingerprint density at radius 2 is 1.66 bits per heavy atom. The molecule has 3 N–H and O–H groups in total. The molecule has 2 aromatic carbocycles. The van der Waals surface area contributed by atoms with Crippen molar-refractivity contribution in [3.05, 3.63) is 35.7 Å². The molecule has 35 heavy (non-hydrogen) atoms. The van der Waals surface area contributed by atoms with E-state index in [2.05, 4.69) is 14.5 Å². The minimum Gasteiger partial charge on any atom is -0.495 e. The van der Waals surface area contributed by atoms with Gasteiger partial charge in [-0.1, -0.05) is 6.07 Å². The van der Waals surface area contributed by atoms with Gasteiger partial charge < -0.3 is 29.4 Å². The van der Waals surface area contributed by atoms with Crippen LogP contribution in [0.5, 0.6) is 23.0 Å². The van der Waals surface area contributed by atoms with Crippen LogP contribution < -0.4 is 29.1 Å². The maximum absolute atomic E-state index is 12.6. The average molecular weight is 522 g/mol. The summed E-state index contributed by atoms with van der Waals surface area (Å²) in [7, 11) is 6.07. The number of aliphatic carboxylic acids is 1. The van der Waals surface area contributed by atoms with Crippen molar-refractivity contribution in [3.63, 3.8) is 0 Å². The molecule has 0 fully saturated rings. The van der Waals surface area contributed by atoms with Crippen LogP contribution in [0.15, 0.2) is 35.7 Å². The molecule has 0 unspecified atom stereocenters. The molecule has 12 heteroatoms. The fourth-order valence-electron chi connectivity index (χ4n) is 3.42. The van der Waals surface area contributed by atoms with Crippen molar-refractivity contribution in [1.82, 2.24) is 9.21 Å². The number of carboxylic acids is 1. The van der Waals surface area contributed by atoms with Gasteiger partial charge in [0, 0.05) is 16.5 Å². The predicted octanol–water partition coefficient (Wildman–Crippen LogP) is 4.04. The number of rotatable bonds is 11. The quantitative estimate of drug-likeness (QED) is 0.320. The summed E-state index contributed by atoms with van der Waals surface area (Å²) < 4.78 is 26.3. The Balaban J connectivity index is 2.03. The first-order valence-electron chi connectivity index (χ1n) is 10.2. The second-order valence-electron chi connectivity index (χ2n) is 7.15. The Kier molecular flexibility index (Phi) is 8.74. The number of aromatic nitrogens is 1. The number of amides is 1. The normalized spacial score (nSPS) is 11.5. The largest absolute Gasteiger partial charge is 0.495 e. The van der Waals surface area contributed by atoms with Crippen LogP contribution in [-0.2, 0) is 9.59 Å². The molecule has 1 aromatic heterocycles. The molecule has 1 atom stereocenters. The first-order valence-corrected chi connectivity index (χ1v) is 11.4. The van der Waals surface area contributed by atoms with Gasteiger partial charge in [-0.3, -0.25) is 9.59 Å². The molecule has 0 aliphatic heterocycles. The van der Waals surface area contributed by atoms with E-state index in [-0.39, 0.29) is 0 Å². The Morgan fingerprint density at radius 1 is 1.00 bits per heavy atom. The maximum Gasteiger partial charge on any atom is 0.305 e. The Morgan fingerprint density at radius 3 is 2.20 bits per heavy atom. The molecule has 0 aliphatic rings. The molecule has 0 spiro atoms. The summed E-state index contributed by atoms with van der Waals surface area (Å²) in [4.78, 5) is 25.8. The van der Waals surface area contributed by atoms with Crippen molar-refractivity contribution < 1.29 is 33.6 Å². The molecule has 186 valence electrons. The molecule has 0 saturated carbocycles. The zero-order valence-electron chi connectivity index (χ0n) is 19.4. The predicted molar refractivity (Wildman–Crippen MR) is 133 cm³/mol. The van der Waals surface area contributed by atoms with Crippen LogP contribution in [0.25, 0.3) is 22.4 Å². The number of carbonyl (C=O) groups is 2. The third kappa shape index (κ3) is 5.76. The lowest BCUT2D eigenvalue weighted by Gasteiger charge is -2.16. The van der Waals surface area contributed by atoms with Crippen LogP contribution in [0.3, 0.4) is 0 Å². The lowest BCUT2D eigenvalue weighted by atomic mass is 10.0. The molecule has 10 nitrogen and oxygen atoms in total. The van der Waals surface area contributed by atoms with Crippen LogP contribution >= 0.6 is 23.3 Å². The molecular weight excluding hydrogens is 498 g/mol. The van der Waals surface area contributed by atoms with Crippen LogP contribution in [-0.4, -0.2) is 55.8 Å². The number of nitrogens with one attached hydrogen (secondary N) is 2. The van der Waals surface area contributed by atoms with Crippen molar-refractivity contribution in [1.29, 1.82) is 0 Å². The number of anilines is 1. The minimum absolute atomic E-state index is 0.347. The van der Waals surface area contributed by atoms with Gasteiger partial charge in [0.2, 0.25) is 11.7 Å². The molecule has 0 saturated heterocycles. The van der Waals surface area contributed by atoms with Gasteiger partial charge in [0.15, 0.2) is 11.5 Å². The number of benzene rings is 2. The Hall–Kier alpha value is -3.54.